The summed E-state index contributed by atoms with van der Waals surface area (Å²) < 4.78 is 0. The van der Waals surface area contributed by atoms with Crippen LogP contribution in [0.3, 0.4) is 0 Å². The van der Waals surface area contributed by atoms with Crippen LogP contribution in [0.4, 0.5) is 0 Å². The van der Waals surface area contributed by atoms with Crippen molar-refractivity contribution in [2.75, 3.05) is 0 Å². The molecular formula is C43H30N4. The second-order valence-corrected chi connectivity index (χ2v) is 12.8. The molecule has 4 nitrogen and oxygen atoms in total. The lowest BCUT2D eigenvalue weighted by Gasteiger charge is -2.22. The average molecular weight is 603 g/mol. The molecule has 222 valence electrons. The van der Waals surface area contributed by atoms with Crippen LogP contribution >= 0.6 is 0 Å². The van der Waals surface area contributed by atoms with E-state index in [1.165, 1.54) is 43.8 Å². The highest BCUT2D eigenvalue weighted by Crippen LogP contribution is 2.50. The number of hydrogen-bond donors (Lipinski definition) is 0. The van der Waals surface area contributed by atoms with Crippen molar-refractivity contribution >= 4 is 21.5 Å². The second kappa shape index (κ2) is 10.5. The molecule has 0 unspecified atom stereocenters. The van der Waals surface area contributed by atoms with Gasteiger partial charge < -0.3 is 0 Å². The fraction of sp³-hybridized carbons (Fsp3) is 0.0698. The molecule has 2 aromatic heterocycles. The number of hydrogen-bond acceptors (Lipinski definition) is 4. The Labute approximate surface area is 273 Å². The van der Waals surface area contributed by atoms with Crippen molar-refractivity contribution < 1.29 is 0 Å². The number of pyridine rings is 1. The summed E-state index contributed by atoms with van der Waals surface area (Å²) in [5.41, 5.74) is 10.3. The van der Waals surface area contributed by atoms with Gasteiger partial charge in [0.05, 0.1) is 0 Å². The third kappa shape index (κ3) is 4.52. The number of fused-ring (bicyclic) bond motifs is 6. The maximum atomic E-state index is 5.09. The molecule has 0 saturated heterocycles. The SMILES string of the molecule is CC1(C)c2ccccc2-c2cc3ccc4ccc(-c5nc(-c6ccccc6)nc(-c6cccc(-c7cccnc7)c6)n5)cc4c3cc21. The first-order chi connectivity index (χ1) is 23.0. The molecule has 0 spiro atoms. The third-order valence-electron chi connectivity index (χ3n) is 9.58. The quantitative estimate of drug-likeness (QED) is 0.188. The first kappa shape index (κ1) is 27.3. The highest BCUT2D eigenvalue weighted by molar-refractivity contribution is 6.10. The summed E-state index contributed by atoms with van der Waals surface area (Å²) in [6, 6.07) is 47.1. The zero-order valence-corrected chi connectivity index (χ0v) is 26.1. The molecule has 1 aliphatic carbocycles. The standard InChI is InChI=1S/C43H30N4/c1-43(2)38-16-7-6-15-34(38)37-23-30-19-17-27-18-20-32(24-35(27)36(30)25-39(37)43)42-46-40(28-10-4-3-5-11-28)45-41(47-42)31-13-8-12-29(22-31)33-14-9-21-44-26-33/h3-26H,1-2H3. The molecule has 0 atom stereocenters. The highest BCUT2D eigenvalue weighted by atomic mass is 15.0. The van der Waals surface area contributed by atoms with Crippen molar-refractivity contribution in [1.29, 1.82) is 0 Å². The van der Waals surface area contributed by atoms with E-state index >= 15 is 0 Å². The van der Waals surface area contributed by atoms with Gasteiger partial charge in [-0.15, -0.1) is 0 Å². The summed E-state index contributed by atoms with van der Waals surface area (Å²) >= 11 is 0. The third-order valence-corrected chi connectivity index (χ3v) is 9.58. The molecule has 4 heteroatoms. The summed E-state index contributed by atoms with van der Waals surface area (Å²) in [6.07, 6.45) is 3.67. The Morgan fingerprint density at radius 3 is 1.87 bits per heavy atom. The molecule has 8 aromatic rings. The van der Waals surface area contributed by atoms with Gasteiger partial charge in [-0.25, -0.2) is 15.0 Å². The van der Waals surface area contributed by atoms with Crippen LogP contribution in [0.25, 0.3) is 78.0 Å². The van der Waals surface area contributed by atoms with Gasteiger partial charge in [-0.2, -0.15) is 0 Å². The van der Waals surface area contributed by atoms with Gasteiger partial charge in [-0.1, -0.05) is 117 Å². The molecule has 1 aliphatic rings. The van der Waals surface area contributed by atoms with Crippen LogP contribution in [-0.4, -0.2) is 19.9 Å². The van der Waals surface area contributed by atoms with Crippen LogP contribution < -0.4 is 0 Å². The fourth-order valence-electron chi connectivity index (χ4n) is 7.11. The minimum Gasteiger partial charge on any atom is -0.264 e. The predicted octanol–water partition coefficient (Wildman–Crippen LogP) is 10.5. The van der Waals surface area contributed by atoms with Crippen LogP contribution in [0, 0.1) is 0 Å². The van der Waals surface area contributed by atoms with Crippen LogP contribution in [-0.2, 0) is 5.41 Å². The maximum Gasteiger partial charge on any atom is 0.164 e. The zero-order valence-electron chi connectivity index (χ0n) is 26.1. The molecule has 2 heterocycles. The molecule has 6 aromatic carbocycles. The van der Waals surface area contributed by atoms with Gasteiger partial charge in [-0.3, -0.25) is 4.98 Å². The molecule has 0 aliphatic heterocycles. The minimum atomic E-state index is -0.0715. The molecule has 47 heavy (non-hydrogen) atoms. The monoisotopic (exact) mass is 602 g/mol. The summed E-state index contributed by atoms with van der Waals surface area (Å²) in [4.78, 5) is 19.4. The average Bonchev–Trinajstić information content (AvgIpc) is 3.36. The molecule has 0 bridgehead atoms. The Morgan fingerprint density at radius 2 is 1.06 bits per heavy atom. The first-order valence-corrected chi connectivity index (χ1v) is 16.0. The summed E-state index contributed by atoms with van der Waals surface area (Å²) in [5, 5.41) is 4.85. The zero-order chi connectivity index (χ0) is 31.5. The molecule has 0 saturated carbocycles. The predicted molar refractivity (Wildman–Crippen MR) is 192 cm³/mol. The molecule has 0 amide bonds. The fourth-order valence-corrected chi connectivity index (χ4v) is 7.11. The van der Waals surface area contributed by atoms with E-state index in [-0.39, 0.29) is 5.41 Å². The smallest absolute Gasteiger partial charge is 0.164 e. The summed E-state index contributed by atoms with van der Waals surface area (Å²) in [6.45, 7) is 4.67. The number of nitrogens with zero attached hydrogens (tertiary/aromatic N) is 4. The molecule has 0 fully saturated rings. The summed E-state index contributed by atoms with van der Waals surface area (Å²) in [5.74, 6) is 1.93. The molecule has 0 N–H and O–H groups in total. The number of benzene rings is 6. The highest BCUT2D eigenvalue weighted by Gasteiger charge is 2.35. The van der Waals surface area contributed by atoms with Crippen molar-refractivity contribution in [3.05, 3.63) is 157 Å². The molecule has 9 rings (SSSR count). The van der Waals surface area contributed by atoms with Gasteiger partial charge in [0.25, 0.3) is 0 Å². The van der Waals surface area contributed by atoms with E-state index in [2.05, 4.69) is 110 Å². The van der Waals surface area contributed by atoms with Crippen LogP contribution in [0.15, 0.2) is 146 Å². The lowest BCUT2D eigenvalue weighted by atomic mass is 9.81. The van der Waals surface area contributed by atoms with Gasteiger partial charge >= 0.3 is 0 Å². The van der Waals surface area contributed by atoms with Crippen LogP contribution in [0.2, 0.25) is 0 Å². The minimum absolute atomic E-state index is 0.0715. The lowest BCUT2D eigenvalue weighted by Crippen LogP contribution is -2.14. The van der Waals surface area contributed by atoms with Gasteiger partial charge in [-0.05, 0) is 79.7 Å². The lowest BCUT2D eigenvalue weighted by molar-refractivity contribution is 0.661. The van der Waals surface area contributed by atoms with E-state index in [0.717, 1.165) is 27.8 Å². The number of aromatic nitrogens is 4. The Bertz CT molecular complexity index is 2480. The molecular weight excluding hydrogens is 573 g/mol. The maximum absolute atomic E-state index is 5.09. The van der Waals surface area contributed by atoms with Crippen LogP contribution in [0.5, 0.6) is 0 Å². The summed E-state index contributed by atoms with van der Waals surface area (Å²) in [7, 11) is 0. The topological polar surface area (TPSA) is 51.6 Å². The van der Waals surface area contributed by atoms with Crippen molar-refractivity contribution in [2.45, 2.75) is 19.3 Å². The van der Waals surface area contributed by atoms with Crippen LogP contribution in [0.1, 0.15) is 25.0 Å². The first-order valence-electron chi connectivity index (χ1n) is 16.0. The van der Waals surface area contributed by atoms with Gasteiger partial charge in [0.1, 0.15) is 0 Å². The van der Waals surface area contributed by atoms with Crippen molar-refractivity contribution in [3.8, 4) is 56.4 Å². The van der Waals surface area contributed by atoms with Crippen molar-refractivity contribution in [3.63, 3.8) is 0 Å². The number of rotatable bonds is 4. The Balaban J connectivity index is 1.23. The second-order valence-electron chi connectivity index (χ2n) is 12.8. The Kier molecular flexibility index (Phi) is 6.12. The van der Waals surface area contributed by atoms with E-state index in [1.54, 1.807) is 6.20 Å². The van der Waals surface area contributed by atoms with E-state index in [4.69, 9.17) is 15.0 Å². The van der Waals surface area contributed by atoms with E-state index in [9.17, 15) is 0 Å². The Hall–Kier alpha value is -6.00. The normalized spacial score (nSPS) is 13.1. The largest absolute Gasteiger partial charge is 0.264 e. The van der Waals surface area contributed by atoms with Crippen molar-refractivity contribution in [2.24, 2.45) is 0 Å². The van der Waals surface area contributed by atoms with Gasteiger partial charge in [0.15, 0.2) is 17.5 Å². The van der Waals surface area contributed by atoms with Crippen molar-refractivity contribution in [1.82, 2.24) is 19.9 Å². The Morgan fingerprint density at radius 1 is 0.426 bits per heavy atom. The van der Waals surface area contributed by atoms with E-state index in [1.807, 2.05) is 48.7 Å². The van der Waals surface area contributed by atoms with Gasteiger partial charge in [0.2, 0.25) is 0 Å². The van der Waals surface area contributed by atoms with E-state index in [0.29, 0.717) is 17.5 Å². The molecule has 0 radical (unpaired) electrons. The van der Waals surface area contributed by atoms with Gasteiger partial charge in [0, 0.05) is 40.1 Å². The van der Waals surface area contributed by atoms with E-state index < -0.39 is 0 Å².